The van der Waals surface area contributed by atoms with Crippen LogP contribution in [-0.2, 0) is 6.54 Å². The summed E-state index contributed by atoms with van der Waals surface area (Å²) in [5, 5.41) is 3.43. The first kappa shape index (κ1) is 14.3. The van der Waals surface area contributed by atoms with Crippen LogP contribution in [-0.4, -0.2) is 36.1 Å². The minimum Gasteiger partial charge on any atom is -0.317 e. The molecular formula is C13H22ClN3S. The lowest BCUT2D eigenvalue weighted by atomic mass is 10.1. The molecule has 2 fully saturated rings. The minimum atomic E-state index is 0. The predicted molar refractivity (Wildman–Crippen MR) is 78.7 cm³/mol. The van der Waals surface area contributed by atoms with Gasteiger partial charge in [-0.3, -0.25) is 4.90 Å². The molecule has 3 nitrogen and oxygen atoms in total. The molecule has 0 radical (unpaired) electrons. The van der Waals surface area contributed by atoms with E-state index in [0.29, 0.717) is 0 Å². The summed E-state index contributed by atoms with van der Waals surface area (Å²) in [6.07, 6.45) is 5.28. The Morgan fingerprint density at radius 1 is 1.33 bits per heavy atom. The van der Waals surface area contributed by atoms with Crippen molar-refractivity contribution in [3.63, 3.8) is 0 Å². The highest BCUT2D eigenvalue weighted by molar-refractivity contribution is 7.09. The van der Waals surface area contributed by atoms with Crippen LogP contribution >= 0.6 is 23.7 Å². The molecule has 1 saturated heterocycles. The summed E-state index contributed by atoms with van der Waals surface area (Å²) in [7, 11) is 2.27. The lowest BCUT2D eigenvalue weighted by Crippen LogP contribution is -2.40. The first-order valence-electron chi connectivity index (χ1n) is 6.68. The molecule has 1 aliphatic carbocycles. The van der Waals surface area contributed by atoms with Crippen molar-refractivity contribution in [2.45, 2.75) is 44.2 Å². The highest BCUT2D eigenvalue weighted by Gasteiger charge is 2.29. The highest BCUT2D eigenvalue weighted by Crippen LogP contribution is 2.42. The van der Waals surface area contributed by atoms with Gasteiger partial charge in [0.05, 0.1) is 11.2 Å². The SMILES string of the molecule is CN(Cc1scnc1C1CC1)C1CCNCC1.Cl. The van der Waals surface area contributed by atoms with E-state index in [0.717, 1.165) is 18.5 Å². The minimum absolute atomic E-state index is 0. The van der Waals surface area contributed by atoms with Crippen LogP contribution in [0, 0.1) is 0 Å². The molecule has 1 saturated carbocycles. The third-order valence-corrected chi connectivity index (χ3v) is 4.80. The Bertz CT molecular complexity index is 372. The van der Waals surface area contributed by atoms with Gasteiger partial charge in [-0.25, -0.2) is 4.98 Å². The first-order valence-corrected chi connectivity index (χ1v) is 7.56. The van der Waals surface area contributed by atoms with Crippen LogP contribution in [0.5, 0.6) is 0 Å². The predicted octanol–water partition coefficient (Wildman–Crippen LogP) is 2.63. The van der Waals surface area contributed by atoms with Gasteiger partial charge in [-0.2, -0.15) is 0 Å². The van der Waals surface area contributed by atoms with Crippen molar-refractivity contribution in [1.29, 1.82) is 0 Å². The Morgan fingerprint density at radius 2 is 2.06 bits per heavy atom. The van der Waals surface area contributed by atoms with Crippen LogP contribution in [0.25, 0.3) is 0 Å². The smallest absolute Gasteiger partial charge is 0.0798 e. The van der Waals surface area contributed by atoms with E-state index < -0.39 is 0 Å². The molecule has 2 heterocycles. The molecule has 0 bridgehead atoms. The lowest BCUT2D eigenvalue weighted by molar-refractivity contribution is 0.193. The van der Waals surface area contributed by atoms with Gasteiger partial charge >= 0.3 is 0 Å². The Morgan fingerprint density at radius 3 is 2.72 bits per heavy atom. The molecule has 0 aromatic carbocycles. The zero-order chi connectivity index (χ0) is 11.7. The molecule has 0 spiro atoms. The number of thiazole rings is 1. The molecule has 1 aromatic heterocycles. The van der Waals surface area contributed by atoms with Crippen molar-refractivity contribution < 1.29 is 0 Å². The second kappa shape index (κ2) is 6.33. The Balaban J connectivity index is 0.00000120. The van der Waals surface area contributed by atoms with Crippen LogP contribution in [0.4, 0.5) is 0 Å². The van der Waals surface area contributed by atoms with Crippen LogP contribution in [0.2, 0.25) is 0 Å². The average molecular weight is 288 g/mol. The quantitative estimate of drug-likeness (QED) is 0.923. The van der Waals surface area contributed by atoms with Gasteiger partial charge in [-0.1, -0.05) is 0 Å². The number of nitrogens with one attached hydrogen (secondary N) is 1. The van der Waals surface area contributed by atoms with Gasteiger partial charge in [0, 0.05) is 23.4 Å². The van der Waals surface area contributed by atoms with Crippen LogP contribution in [0.1, 0.15) is 42.2 Å². The zero-order valence-corrected chi connectivity index (χ0v) is 12.5. The van der Waals surface area contributed by atoms with E-state index in [1.165, 1.54) is 49.3 Å². The first-order chi connectivity index (χ1) is 8.34. The fourth-order valence-corrected chi connectivity index (χ4v) is 3.60. The Hall–Kier alpha value is -0.160. The number of rotatable bonds is 4. The van der Waals surface area contributed by atoms with E-state index in [2.05, 4.69) is 22.2 Å². The summed E-state index contributed by atoms with van der Waals surface area (Å²) in [4.78, 5) is 8.59. The van der Waals surface area contributed by atoms with Crippen molar-refractivity contribution in [3.8, 4) is 0 Å². The number of nitrogens with zero attached hydrogens (tertiary/aromatic N) is 2. The maximum Gasteiger partial charge on any atom is 0.0798 e. The number of aromatic nitrogens is 1. The standard InChI is InChI=1S/C13H21N3S.ClH/c1-16(11-4-6-14-7-5-11)8-12-13(10-2-3-10)15-9-17-12;/h9-11,14H,2-8H2,1H3;1H. The van der Waals surface area contributed by atoms with E-state index in [-0.39, 0.29) is 12.4 Å². The number of piperidine rings is 1. The largest absolute Gasteiger partial charge is 0.317 e. The summed E-state index contributed by atoms with van der Waals surface area (Å²) in [5.74, 6) is 0.790. The summed E-state index contributed by atoms with van der Waals surface area (Å²) < 4.78 is 0. The Labute approximate surface area is 119 Å². The summed E-state index contributed by atoms with van der Waals surface area (Å²) >= 11 is 1.84. The molecule has 2 aliphatic rings. The third kappa shape index (κ3) is 3.23. The third-order valence-electron chi connectivity index (χ3n) is 3.96. The van der Waals surface area contributed by atoms with Gasteiger partial charge < -0.3 is 5.32 Å². The molecule has 0 unspecified atom stereocenters. The molecule has 3 rings (SSSR count). The van der Waals surface area contributed by atoms with Crippen LogP contribution in [0.3, 0.4) is 0 Å². The number of hydrogen-bond acceptors (Lipinski definition) is 4. The van der Waals surface area contributed by atoms with Crippen molar-refractivity contribution >= 4 is 23.7 Å². The molecule has 1 N–H and O–H groups in total. The van der Waals surface area contributed by atoms with Crippen molar-refractivity contribution in [2.75, 3.05) is 20.1 Å². The van der Waals surface area contributed by atoms with Gasteiger partial charge in [-0.05, 0) is 45.8 Å². The number of hydrogen-bond donors (Lipinski definition) is 1. The van der Waals surface area contributed by atoms with Crippen molar-refractivity contribution in [3.05, 3.63) is 16.1 Å². The topological polar surface area (TPSA) is 28.2 Å². The van der Waals surface area contributed by atoms with Crippen molar-refractivity contribution in [1.82, 2.24) is 15.2 Å². The maximum atomic E-state index is 4.56. The fourth-order valence-electron chi connectivity index (χ4n) is 2.69. The molecule has 0 amide bonds. The van der Waals surface area contributed by atoms with E-state index in [1.54, 1.807) is 0 Å². The second-order valence-electron chi connectivity index (χ2n) is 5.33. The summed E-state index contributed by atoms with van der Waals surface area (Å²) in [6.45, 7) is 3.45. The van der Waals surface area contributed by atoms with Gasteiger partial charge in [-0.15, -0.1) is 23.7 Å². The van der Waals surface area contributed by atoms with Crippen molar-refractivity contribution in [2.24, 2.45) is 0 Å². The second-order valence-corrected chi connectivity index (χ2v) is 6.27. The molecular weight excluding hydrogens is 266 g/mol. The van der Waals surface area contributed by atoms with Crippen LogP contribution in [0.15, 0.2) is 5.51 Å². The molecule has 0 atom stereocenters. The molecule has 18 heavy (non-hydrogen) atoms. The van der Waals surface area contributed by atoms with Gasteiger partial charge in [0.25, 0.3) is 0 Å². The van der Waals surface area contributed by atoms with Gasteiger partial charge in [0.1, 0.15) is 0 Å². The normalized spacial score (nSPS) is 21.0. The summed E-state index contributed by atoms with van der Waals surface area (Å²) in [5.41, 5.74) is 3.43. The Kier molecular flexibility index (Phi) is 5.01. The zero-order valence-electron chi connectivity index (χ0n) is 10.9. The summed E-state index contributed by atoms with van der Waals surface area (Å²) in [6, 6.07) is 0.755. The highest BCUT2D eigenvalue weighted by atomic mass is 35.5. The van der Waals surface area contributed by atoms with Crippen LogP contribution < -0.4 is 5.32 Å². The van der Waals surface area contributed by atoms with E-state index in [9.17, 15) is 0 Å². The monoisotopic (exact) mass is 287 g/mol. The molecule has 1 aliphatic heterocycles. The lowest BCUT2D eigenvalue weighted by Gasteiger charge is -2.31. The van der Waals surface area contributed by atoms with Gasteiger partial charge in [0.2, 0.25) is 0 Å². The van der Waals surface area contributed by atoms with E-state index in [1.807, 2.05) is 16.8 Å². The molecule has 1 aromatic rings. The number of halogens is 1. The van der Waals surface area contributed by atoms with Gasteiger partial charge in [0.15, 0.2) is 0 Å². The molecule has 102 valence electrons. The average Bonchev–Trinajstić information content (AvgIpc) is 3.11. The maximum absolute atomic E-state index is 4.56. The fraction of sp³-hybridized carbons (Fsp3) is 0.769. The van der Waals surface area contributed by atoms with E-state index >= 15 is 0 Å². The molecule has 5 heteroatoms. The van der Waals surface area contributed by atoms with E-state index in [4.69, 9.17) is 0 Å².